The van der Waals surface area contributed by atoms with Gasteiger partial charge in [-0.25, -0.2) is 4.98 Å². The SMILES string of the molecule is Oc1ccnc(-c2ccc(-c3ccccc3)cn2)n1. The zero-order chi connectivity index (χ0) is 13.1. The molecule has 0 atom stereocenters. The van der Waals surface area contributed by atoms with Crippen LogP contribution in [0.4, 0.5) is 0 Å². The van der Waals surface area contributed by atoms with Gasteiger partial charge >= 0.3 is 0 Å². The maximum atomic E-state index is 9.33. The van der Waals surface area contributed by atoms with Crippen LogP contribution in [0.25, 0.3) is 22.6 Å². The first-order valence-electron chi connectivity index (χ1n) is 5.87. The van der Waals surface area contributed by atoms with Gasteiger partial charge in [0.15, 0.2) is 5.82 Å². The Morgan fingerprint density at radius 3 is 2.32 bits per heavy atom. The molecule has 0 fully saturated rings. The van der Waals surface area contributed by atoms with Crippen LogP contribution in [0.3, 0.4) is 0 Å². The highest BCUT2D eigenvalue weighted by Gasteiger charge is 2.04. The Morgan fingerprint density at radius 1 is 0.789 bits per heavy atom. The molecule has 3 rings (SSSR count). The number of aromatic nitrogens is 3. The van der Waals surface area contributed by atoms with Gasteiger partial charge in [-0.15, -0.1) is 0 Å². The van der Waals surface area contributed by atoms with Gasteiger partial charge in [0.25, 0.3) is 0 Å². The molecule has 0 aliphatic carbocycles. The van der Waals surface area contributed by atoms with E-state index in [9.17, 15) is 5.11 Å². The number of aromatic hydroxyl groups is 1. The molecule has 4 nitrogen and oxygen atoms in total. The second-order valence-electron chi connectivity index (χ2n) is 4.04. The molecular weight excluding hydrogens is 238 g/mol. The molecule has 19 heavy (non-hydrogen) atoms. The first kappa shape index (κ1) is 11.3. The summed E-state index contributed by atoms with van der Waals surface area (Å²) in [6, 6.07) is 15.3. The average Bonchev–Trinajstić information content (AvgIpc) is 2.48. The van der Waals surface area contributed by atoms with Crippen molar-refractivity contribution in [2.24, 2.45) is 0 Å². The van der Waals surface area contributed by atoms with Gasteiger partial charge in [0, 0.05) is 24.0 Å². The summed E-state index contributed by atoms with van der Waals surface area (Å²) in [5.41, 5.74) is 2.78. The van der Waals surface area contributed by atoms with Crippen LogP contribution in [0, 0.1) is 0 Å². The van der Waals surface area contributed by atoms with Gasteiger partial charge in [-0.1, -0.05) is 36.4 Å². The van der Waals surface area contributed by atoms with E-state index in [0.29, 0.717) is 11.5 Å². The minimum absolute atomic E-state index is 0.0565. The second-order valence-corrected chi connectivity index (χ2v) is 4.04. The van der Waals surface area contributed by atoms with Crippen LogP contribution in [0.1, 0.15) is 0 Å². The second kappa shape index (κ2) is 4.86. The van der Waals surface area contributed by atoms with E-state index in [-0.39, 0.29) is 5.88 Å². The quantitative estimate of drug-likeness (QED) is 0.758. The smallest absolute Gasteiger partial charge is 0.214 e. The number of rotatable bonds is 2. The lowest BCUT2D eigenvalue weighted by Crippen LogP contribution is -1.91. The molecular formula is C15H11N3O. The summed E-state index contributed by atoms with van der Waals surface area (Å²) in [5.74, 6) is 0.360. The fraction of sp³-hybridized carbons (Fsp3) is 0. The van der Waals surface area contributed by atoms with Crippen molar-refractivity contribution in [3.8, 4) is 28.5 Å². The largest absolute Gasteiger partial charge is 0.493 e. The highest BCUT2D eigenvalue weighted by molar-refractivity contribution is 5.64. The molecule has 0 unspecified atom stereocenters. The summed E-state index contributed by atoms with van der Waals surface area (Å²) in [7, 11) is 0. The van der Waals surface area contributed by atoms with Crippen molar-refractivity contribution in [1.82, 2.24) is 15.0 Å². The van der Waals surface area contributed by atoms with Crippen LogP contribution in [-0.2, 0) is 0 Å². The average molecular weight is 249 g/mol. The molecule has 3 aromatic rings. The van der Waals surface area contributed by atoms with E-state index in [1.54, 1.807) is 6.20 Å². The Balaban J connectivity index is 1.95. The summed E-state index contributed by atoms with van der Waals surface area (Å²) < 4.78 is 0. The van der Waals surface area contributed by atoms with Gasteiger partial charge in [0.1, 0.15) is 5.69 Å². The van der Waals surface area contributed by atoms with Crippen LogP contribution >= 0.6 is 0 Å². The lowest BCUT2D eigenvalue weighted by atomic mass is 10.1. The Labute approximate surface area is 110 Å². The predicted octanol–water partition coefficient (Wildman–Crippen LogP) is 2.91. The monoisotopic (exact) mass is 249 g/mol. The minimum Gasteiger partial charge on any atom is -0.493 e. The van der Waals surface area contributed by atoms with Gasteiger partial charge < -0.3 is 5.11 Å². The number of hydrogen-bond acceptors (Lipinski definition) is 4. The molecule has 0 spiro atoms. The van der Waals surface area contributed by atoms with Crippen LogP contribution in [-0.4, -0.2) is 20.1 Å². The van der Waals surface area contributed by atoms with Crippen molar-refractivity contribution < 1.29 is 5.11 Å². The van der Waals surface area contributed by atoms with Crippen LogP contribution in [0.15, 0.2) is 60.9 Å². The summed E-state index contributed by atoms with van der Waals surface area (Å²) in [4.78, 5) is 12.3. The van der Waals surface area contributed by atoms with Crippen LogP contribution in [0.2, 0.25) is 0 Å². The summed E-state index contributed by atoms with van der Waals surface area (Å²) in [6.45, 7) is 0. The number of nitrogens with zero attached hydrogens (tertiary/aromatic N) is 3. The highest BCUT2D eigenvalue weighted by Crippen LogP contribution is 2.20. The van der Waals surface area contributed by atoms with E-state index in [1.807, 2.05) is 42.5 Å². The maximum Gasteiger partial charge on any atom is 0.214 e. The lowest BCUT2D eigenvalue weighted by Gasteiger charge is -2.03. The molecule has 0 saturated heterocycles. The molecule has 2 aromatic heterocycles. The van der Waals surface area contributed by atoms with E-state index in [0.717, 1.165) is 11.1 Å². The zero-order valence-corrected chi connectivity index (χ0v) is 10.1. The third-order valence-electron chi connectivity index (χ3n) is 2.74. The third-order valence-corrected chi connectivity index (χ3v) is 2.74. The van der Waals surface area contributed by atoms with Gasteiger partial charge in [-0.05, 0) is 11.6 Å². The van der Waals surface area contributed by atoms with Gasteiger partial charge in [0.05, 0.1) is 0 Å². The van der Waals surface area contributed by atoms with Crippen molar-refractivity contribution in [3.63, 3.8) is 0 Å². The molecule has 0 aliphatic heterocycles. The highest BCUT2D eigenvalue weighted by atomic mass is 16.3. The van der Waals surface area contributed by atoms with Crippen molar-refractivity contribution in [2.75, 3.05) is 0 Å². The van der Waals surface area contributed by atoms with Gasteiger partial charge in [0.2, 0.25) is 5.88 Å². The topological polar surface area (TPSA) is 58.9 Å². The fourth-order valence-electron chi connectivity index (χ4n) is 1.80. The summed E-state index contributed by atoms with van der Waals surface area (Å²) in [6.07, 6.45) is 3.28. The zero-order valence-electron chi connectivity index (χ0n) is 10.1. The van der Waals surface area contributed by atoms with E-state index in [4.69, 9.17) is 0 Å². The Bertz CT molecular complexity index is 681. The summed E-state index contributed by atoms with van der Waals surface area (Å²) >= 11 is 0. The molecule has 0 radical (unpaired) electrons. The normalized spacial score (nSPS) is 10.3. The number of hydrogen-bond donors (Lipinski definition) is 1. The molecule has 0 bridgehead atoms. The fourth-order valence-corrected chi connectivity index (χ4v) is 1.80. The molecule has 2 heterocycles. The van der Waals surface area contributed by atoms with Crippen LogP contribution in [0.5, 0.6) is 5.88 Å². The maximum absolute atomic E-state index is 9.33. The van der Waals surface area contributed by atoms with Crippen LogP contribution < -0.4 is 0 Å². The Hall–Kier alpha value is -2.75. The molecule has 4 heteroatoms. The standard InChI is InChI=1S/C15H11N3O/c19-14-8-9-16-15(18-14)13-7-6-12(10-17-13)11-4-2-1-3-5-11/h1-10H,(H,16,18,19). The van der Waals surface area contributed by atoms with Gasteiger partial charge in [-0.3, -0.25) is 4.98 Å². The summed E-state index contributed by atoms with van der Waals surface area (Å²) in [5, 5.41) is 9.33. The van der Waals surface area contributed by atoms with E-state index in [2.05, 4.69) is 15.0 Å². The van der Waals surface area contributed by atoms with Gasteiger partial charge in [-0.2, -0.15) is 4.98 Å². The molecule has 1 aromatic carbocycles. The Kier molecular flexibility index (Phi) is 2.90. The Morgan fingerprint density at radius 2 is 1.63 bits per heavy atom. The third kappa shape index (κ3) is 2.42. The van der Waals surface area contributed by atoms with Crippen molar-refractivity contribution in [2.45, 2.75) is 0 Å². The molecule has 1 N–H and O–H groups in total. The van der Waals surface area contributed by atoms with E-state index in [1.165, 1.54) is 12.3 Å². The molecule has 92 valence electrons. The minimum atomic E-state index is -0.0565. The predicted molar refractivity (Wildman–Crippen MR) is 72.4 cm³/mol. The first-order chi connectivity index (χ1) is 9.33. The number of pyridine rings is 1. The van der Waals surface area contributed by atoms with E-state index >= 15 is 0 Å². The van der Waals surface area contributed by atoms with Crippen molar-refractivity contribution >= 4 is 0 Å². The first-order valence-corrected chi connectivity index (χ1v) is 5.87. The van der Waals surface area contributed by atoms with Crippen molar-refractivity contribution in [1.29, 1.82) is 0 Å². The van der Waals surface area contributed by atoms with Crippen molar-refractivity contribution in [3.05, 3.63) is 60.9 Å². The molecule has 0 saturated carbocycles. The molecule has 0 aliphatic rings. The molecule has 0 amide bonds. The lowest BCUT2D eigenvalue weighted by molar-refractivity contribution is 0.452. The van der Waals surface area contributed by atoms with E-state index < -0.39 is 0 Å². The number of benzene rings is 1.